The van der Waals surface area contributed by atoms with Crippen LogP contribution in [0.5, 0.6) is 0 Å². The van der Waals surface area contributed by atoms with Crippen molar-refractivity contribution in [2.45, 2.75) is 39.0 Å². The average Bonchev–Trinajstić information content (AvgIpc) is 2.81. The number of hydrogen-bond acceptors (Lipinski definition) is 2. The minimum absolute atomic E-state index is 0.913. The van der Waals surface area contributed by atoms with E-state index >= 15 is 0 Å². The lowest BCUT2D eigenvalue weighted by molar-refractivity contribution is 0.795. The van der Waals surface area contributed by atoms with E-state index in [0.717, 1.165) is 31.5 Å². The van der Waals surface area contributed by atoms with E-state index in [0.29, 0.717) is 0 Å². The van der Waals surface area contributed by atoms with Crippen molar-refractivity contribution in [3.63, 3.8) is 0 Å². The molecular formula is C28H30N2. The van der Waals surface area contributed by atoms with Gasteiger partial charge >= 0.3 is 0 Å². The Bertz CT molecular complexity index is 959. The minimum atomic E-state index is 0.913. The molecular weight excluding hydrogens is 364 g/mol. The van der Waals surface area contributed by atoms with Gasteiger partial charge in [0.1, 0.15) is 0 Å². The Morgan fingerprint density at radius 3 is 2.03 bits per heavy atom. The summed E-state index contributed by atoms with van der Waals surface area (Å²) in [6, 6.07) is 27.8. The zero-order chi connectivity index (χ0) is 20.6. The van der Waals surface area contributed by atoms with E-state index in [4.69, 9.17) is 4.99 Å². The van der Waals surface area contributed by atoms with E-state index in [2.05, 4.69) is 97.2 Å². The van der Waals surface area contributed by atoms with Crippen molar-refractivity contribution >= 4 is 11.4 Å². The molecule has 2 heteroatoms. The van der Waals surface area contributed by atoms with Crippen LogP contribution in [0.4, 0.5) is 5.69 Å². The lowest BCUT2D eigenvalue weighted by atomic mass is 9.94. The van der Waals surface area contributed by atoms with Crippen LogP contribution in [0.25, 0.3) is 22.3 Å². The number of benzene rings is 3. The quantitative estimate of drug-likeness (QED) is 0.407. The molecule has 0 aromatic heterocycles. The molecule has 3 aromatic rings. The Morgan fingerprint density at radius 2 is 1.43 bits per heavy atom. The summed E-state index contributed by atoms with van der Waals surface area (Å²) in [4.78, 5) is 4.94. The average molecular weight is 395 g/mol. The van der Waals surface area contributed by atoms with Gasteiger partial charge in [0, 0.05) is 17.7 Å². The first kappa shape index (κ1) is 20.2. The van der Waals surface area contributed by atoms with Gasteiger partial charge in [-0.2, -0.15) is 0 Å². The third-order valence-electron chi connectivity index (χ3n) is 5.59. The third kappa shape index (κ3) is 4.71. The molecule has 0 bridgehead atoms. The Hall–Kier alpha value is -3.13. The van der Waals surface area contributed by atoms with Gasteiger partial charge in [-0.05, 0) is 36.8 Å². The molecule has 3 aromatic carbocycles. The summed E-state index contributed by atoms with van der Waals surface area (Å²) in [5.41, 5.74) is 8.44. The molecule has 1 N–H and O–H groups in total. The second-order valence-corrected chi connectivity index (χ2v) is 7.78. The molecule has 152 valence electrons. The van der Waals surface area contributed by atoms with Crippen LogP contribution in [-0.2, 0) is 0 Å². The van der Waals surface area contributed by atoms with Crippen LogP contribution in [-0.4, -0.2) is 12.3 Å². The van der Waals surface area contributed by atoms with Crippen LogP contribution in [0.3, 0.4) is 0 Å². The SMILES string of the molecule is CCCC/N=C1\CCCC=C1Nc1c(-c2ccccc2)cccc1-c1ccccc1. The molecule has 1 aliphatic rings. The first-order valence-electron chi connectivity index (χ1n) is 11.1. The molecule has 0 saturated heterocycles. The van der Waals surface area contributed by atoms with E-state index in [1.807, 2.05) is 0 Å². The van der Waals surface area contributed by atoms with E-state index in [1.165, 1.54) is 46.5 Å². The lowest BCUT2D eigenvalue weighted by Gasteiger charge is -2.22. The molecule has 0 saturated carbocycles. The number of rotatable bonds is 7. The fourth-order valence-corrected chi connectivity index (χ4v) is 3.97. The fraction of sp³-hybridized carbons (Fsp3) is 0.250. The summed E-state index contributed by atoms with van der Waals surface area (Å²) in [5.74, 6) is 0. The van der Waals surface area contributed by atoms with Gasteiger partial charge in [-0.15, -0.1) is 0 Å². The second-order valence-electron chi connectivity index (χ2n) is 7.78. The highest BCUT2D eigenvalue weighted by atomic mass is 14.9. The Balaban J connectivity index is 1.79. The van der Waals surface area contributed by atoms with Gasteiger partial charge in [0.2, 0.25) is 0 Å². The third-order valence-corrected chi connectivity index (χ3v) is 5.59. The number of unbranched alkanes of at least 4 members (excludes halogenated alkanes) is 1. The fourth-order valence-electron chi connectivity index (χ4n) is 3.97. The van der Waals surface area contributed by atoms with Gasteiger partial charge in [0.25, 0.3) is 0 Å². The molecule has 0 spiro atoms. The van der Waals surface area contributed by atoms with Gasteiger partial charge in [-0.25, -0.2) is 0 Å². The second kappa shape index (κ2) is 10.1. The largest absolute Gasteiger partial charge is 0.353 e. The standard InChI is InChI=1S/C28H30N2/c1-2-3-21-29-26-19-10-11-20-27(26)30-28-24(22-13-6-4-7-14-22)17-12-18-25(28)23-15-8-5-9-16-23/h4-9,12-18,20,30H,2-3,10-11,19,21H2,1H3/b29-26+. The van der Waals surface area contributed by atoms with Crippen LogP contribution < -0.4 is 5.32 Å². The first-order valence-corrected chi connectivity index (χ1v) is 11.1. The maximum Gasteiger partial charge on any atom is 0.0579 e. The number of nitrogens with zero attached hydrogens (tertiary/aromatic N) is 1. The number of nitrogens with one attached hydrogen (secondary N) is 1. The van der Waals surface area contributed by atoms with E-state index in [-0.39, 0.29) is 0 Å². The maximum absolute atomic E-state index is 4.94. The number of hydrogen-bond donors (Lipinski definition) is 1. The summed E-state index contributed by atoms with van der Waals surface area (Å²) in [6.07, 6.45) is 7.98. The lowest BCUT2D eigenvalue weighted by Crippen LogP contribution is -2.16. The van der Waals surface area contributed by atoms with E-state index in [1.54, 1.807) is 0 Å². The summed E-state index contributed by atoms with van der Waals surface area (Å²) in [5, 5.41) is 3.82. The molecule has 0 amide bonds. The van der Waals surface area contributed by atoms with E-state index < -0.39 is 0 Å². The van der Waals surface area contributed by atoms with Gasteiger partial charge in [-0.3, -0.25) is 4.99 Å². The number of allylic oxidation sites excluding steroid dienone is 2. The molecule has 0 heterocycles. The monoisotopic (exact) mass is 394 g/mol. The molecule has 4 rings (SSSR count). The maximum atomic E-state index is 4.94. The molecule has 2 nitrogen and oxygen atoms in total. The summed E-state index contributed by atoms with van der Waals surface area (Å²) >= 11 is 0. The number of anilines is 1. The molecule has 0 radical (unpaired) electrons. The molecule has 0 unspecified atom stereocenters. The van der Waals surface area contributed by atoms with Gasteiger partial charge < -0.3 is 5.32 Å². The van der Waals surface area contributed by atoms with Crippen molar-refractivity contribution in [2.75, 3.05) is 11.9 Å². The van der Waals surface area contributed by atoms with Crippen LogP contribution in [0.2, 0.25) is 0 Å². The van der Waals surface area contributed by atoms with Crippen LogP contribution in [0, 0.1) is 0 Å². The van der Waals surface area contributed by atoms with Crippen molar-refractivity contribution < 1.29 is 0 Å². The summed E-state index contributed by atoms with van der Waals surface area (Å²) in [7, 11) is 0. The molecule has 0 atom stereocenters. The summed E-state index contributed by atoms with van der Waals surface area (Å²) < 4.78 is 0. The molecule has 30 heavy (non-hydrogen) atoms. The van der Waals surface area contributed by atoms with E-state index in [9.17, 15) is 0 Å². The highest BCUT2D eigenvalue weighted by Crippen LogP contribution is 2.38. The summed E-state index contributed by atoms with van der Waals surface area (Å²) in [6.45, 7) is 3.13. The van der Waals surface area contributed by atoms with Gasteiger partial charge in [0.15, 0.2) is 0 Å². The number of para-hydroxylation sites is 1. The highest BCUT2D eigenvalue weighted by Gasteiger charge is 2.17. The predicted molar refractivity (Wildman–Crippen MR) is 130 cm³/mol. The molecule has 0 aliphatic heterocycles. The zero-order valence-corrected chi connectivity index (χ0v) is 17.8. The van der Waals surface area contributed by atoms with Gasteiger partial charge in [-0.1, -0.05) is 98.3 Å². The predicted octanol–water partition coefficient (Wildman–Crippen LogP) is 7.74. The highest BCUT2D eigenvalue weighted by molar-refractivity contribution is 6.05. The Labute approximate surface area is 180 Å². The normalized spacial score (nSPS) is 15.1. The van der Waals surface area contributed by atoms with Crippen molar-refractivity contribution in [1.82, 2.24) is 0 Å². The Kier molecular flexibility index (Phi) is 6.76. The van der Waals surface area contributed by atoms with Crippen LogP contribution >= 0.6 is 0 Å². The van der Waals surface area contributed by atoms with Crippen molar-refractivity contribution in [2.24, 2.45) is 4.99 Å². The number of aliphatic imine (C=N–C) groups is 1. The van der Waals surface area contributed by atoms with Crippen molar-refractivity contribution in [3.05, 3.63) is 90.6 Å². The smallest absolute Gasteiger partial charge is 0.0579 e. The first-order chi connectivity index (χ1) is 14.9. The molecule has 0 fully saturated rings. The minimum Gasteiger partial charge on any atom is -0.353 e. The Morgan fingerprint density at radius 1 is 0.800 bits per heavy atom. The van der Waals surface area contributed by atoms with Crippen molar-refractivity contribution in [3.8, 4) is 22.3 Å². The van der Waals surface area contributed by atoms with Gasteiger partial charge in [0.05, 0.1) is 17.1 Å². The van der Waals surface area contributed by atoms with Crippen LogP contribution in [0.15, 0.2) is 95.6 Å². The zero-order valence-electron chi connectivity index (χ0n) is 17.8. The topological polar surface area (TPSA) is 24.4 Å². The van der Waals surface area contributed by atoms with Crippen molar-refractivity contribution in [1.29, 1.82) is 0 Å². The molecule has 1 aliphatic carbocycles. The van der Waals surface area contributed by atoms with Crippen LogP contribution in [0.1, 0.15) is 39.0 Å².